The topological polar surface area (TPSA) is 160 Å². The summed E-state index contributed by atoms with van der Waals surface area (Å²) in [4.78, 5) is 10.2. The lowest BCUT2D eigenvalue weighted by atomic mass is 9.90. The molecular formula is C56H113NO12. The Hall–Kier alpha value is -1.23. The molecule has 1 atom stereocenters. The zero-order valence-electron chi connectivity index (χ0n) is 47.0. The third kappa shape index (κ3) is 30.5. The fraction of sp³-hybridized carbons (Fsp3) is 0.946. The van der Waals surface area contributed by atoms with Gasteiger partial charge >= 0.3 is 11.7 Å². The maximum atomic E-state index is 10.2. The quantitative estimate of drug-likeness (QED) is 0.0349. The maximum absolute atomic E-state index is 10.2. The summed E-state index contributed by atoms with van der Waals surface area (Å²) in [5.74, 6) is -6.54. The molecule has 0 heterocycles. The molecule has 0 aliphatic heterocycles. The second kappa shape index (κ2) is 47.8. The molecule has 0 amide bonds. The zero-order chi connectivity index (χ0) is 51.8. The van der Waals surface area contributed by atoms with Crippen LogP contribution in [0.1, 0.15) is 250 Å². The van der Waals surface area contributed by atoms with E-state index in [-0.39, 0.29) is 6.42 Å². The van der Waals surface area contributed by atoms with Gasteiger partial charge in [-0.25, -0.2) is 0 Å². The highest BCUT2D eigenvalue weighted by atomic mass is 16.9. The Kier molecular flexibility index (Phi) is 48.3. The van der Waals surface area contributed by atoms with Crippen molar-refractivity contribution in [2.45, 2.75) is 279 Å². The van der Waals surface area contributed by atoms with Gasteiger partial charge in [0.15, 0.2) is 0 Å². The summed E-state index contributed by atoms with van der Waals surface area (Å²) >= 11 is 0. The van der Waals surface area contributed by atoms with Gasteiger partial charge in [-0.1, -0.05) is 135 Å². The van der Waals surface area contributed by atoms with Crippen molar-refractivity contribution in [3.63, 3.8) is 0 Å². The molecule has 414 valence electrons. The molecule has 0 aliphatic rings. The van der Waals surface area contributed by atoms with Gasteiger partial charge in [-0.15, -0.1) is 0 Å². The molecule has 0 saturated carbocycles. The Labute approximate surface area is 425 Å². The highest BCUT2D eigenvalue weighted by molar-refractivity contribution is 5.64. The van der Waals surface area contributed by atoms with E-state index in [0.717, 1.165) is 44.9 Å². The molecule has 0 fully saturated rings. The van der Waals surface area contributed by atoms with Crippen molar-refractivity contribution in [3.05, 3.63) is 12.2 Å². The van der Waals surface area contributed by atoms with E-state index in [0.29, 0.717) is 72.5 Å². The Balaban J connectivity index is 0. The van der Waals surface area contributed by atoms with Crippen molar-refractivity contribution in [1.29, 1.82) is 0 Å². The summed E-state index contributed by atoms with van der Waals surface area (Å²) in [6.45, 7) is 25.8. The lowest BCUT2D eigenvalue weighted by molar-refractivity contribution is -0.707. The molecule has 13 heteroatoms. The van der Waals surface area contributed by atoms with Crippen LogP contribution in [0.15, 0.2) is 12.2 Å². The average Bonchev–Trinajstić information content (AvgIpc) is 3.31. The van der Waals surface area contributed by atoms with E-state index in [4.69, 9.17) is 47.4 Å². The summed E-state index contributed by atoms with van der Waals surface area (Å²) < 4.78 is 62.6. The first-order valence-electron chi connectivity index (χ1n) is 28.6. The van der Waals surface area contributed by atoms with Gasteiger partial charge in [0.05, 0.1) is 13.2 Å². The minimum atomic E-state index is -1.67. The fourth-order valence-electron chi connectivity index (χ4n) is 9.08. The molecule has 13 nitrogen and oxygen atoms in total. The molecule has 69 heavy (non-hydrogen) atoms. The molecular weight excluding hydrogens is 879 g/mol. The highest BCUT2D eigenvalue weighted by Crippen LogP contribution is 2.45. The molecule has 0 aliphatic carbocycles. The largest absolute Gasteiger partial charge is 0.550 e. The van der Waals surface area contributed by atoms with Crippen LogP contribution in [0.2, 0.25) is 0 Å². The van der Waals surface area contributed by atoms with Crippen molar-refractivity contribution in [1.82, 2.24) is 0 Å². The molecule has 0 radical (unpaired) electrons. The van der Waals surface area contributed by atoms with Gasteiger partial charge in [-0.3, -0.25) is 15.2 Å². The van der Waals surface area contributed by atoms with E-state index < -0.39 is 35.5 Å². The van der Waals surface area contributed by atoms with Gasteiger partial charge in [-0.05, 0) is 121 Å². The Bertz CT molecular complexity index is 1090. The van der Waals surface area contributed by atoms with Crippen LogP contribution in [0.5, 0.6) is 0 Å². The molecule has 1 unspecified atom stereocenters. The minimum Gasteiger partial charge on any atom is -0.550 e. The summed E-state index contributed by atoms with van der Waals surface area (Å²) in [6.07, 6.45) is 34.8. The number of allylic oxidation sites excluding steroid dienone is 2. The lowest BCUT2D eigenvalue weighted by Gasteiger charge is -2.54. The van der Waals surface area contributed by atoms with Gasteiger partial charge in [0, 0.05) is 65.2 Å². The number of unbranched alkanes of at least 4 members (excludes halogenated alkanes) is 21. The second-order valence-electron chi connectivity index (χ2n) is 17.7. The van der Waals surface area contributed by atoms with Gasteiger partial charge in [0.25, 0.3) is 11.8 Å². The van der Waals surface area contributed by atoms with E-state index in [1.165, 1.54) is 116 Å². The standard InChI is InChI=1S/C38H79NO10.C18H34O2/c1-11-40-34(36(44-15-5,45-16-6)37(46-17-7,47-18-8)38(39,48-19-9)49-20-10)32-30-28-26-24-22-21-23-25-27-29-31-33-35(41-12-2,42-13-3)43-14-4;1-2-3-4-5-6-7-8-9-10-11-12-13-14-15-16-17-18(19)20/h34H,11-33,39H2,1-10H3;9-10H,2-8,11-17H2,1H3,(H,19,20)/b;10-9-. The van der Waals surface area contributed by atoms with Crippen LogP contribution in [-0.4, -0.2) is 102 Å². The number of quaternary nitrogens is 1. The van der Waals surface area contributed by atoms with Crippen molar-refractivity contribution in [2.24, 2.45) is 0 Å². The van der Waals surface area contributed by atoms with Crippen molar-refractivity contribution in [3.8, 4) is 0 Å². The first-order chi connectivity index (χ1) is 33.5. The number of ether oxygens (including phenoxy) is 10. The van der Waals surface area contributed by atoms with E-state index in [9.17, 15) is 9.90 Å². The summed E-state index contributed by atoms with van der Waals surface area (Å²) in [5, 5.41) is 10.2. The monoisotopic (exact) mass is 992 g/mol. The molecule has 3 N–H and O–H groups in total. The van der Waals surface area contributed by atoms with Crippen LogP contribution in [-0.2, 0) is 52.2 Å². The van der Waals surface area contributed by atoms with E-state index in [1.54, 1.807) is 0 Å². The molecule has 0 aromatic heterocycles. The summed E-state index contributed by atoms with van der Waals surface area (Å²) in [7, 11) is 0. The van der Waals surface area contributed by atoms with Crippen LogP contribution in [0.4, 0.5) is 0 Å². The Morgan fingerprint density at radius 2 is 0.797 bits per heavy atom. The predicted octanol–water partition coefficient (Wildman–Crippen LogP) is 12.5. The molecule has 0 bridgehead atoms. The number of hydrogen-bond acceptors (Lipinski definition) is 12. The van der Waals surface area contributed by atoms with E-state index in [1.807, 2.05) is 69.2 Å². The highest BCUT2D eigenvalue weighted by Gasteiger charge is 2.75. The van der Waals surface area contributed by atoms with Gasteiger partial charge in [0.2, 0.25) is 0 Å². The fourth-order valence-corrected chi connectivity index (χ4v) is 9.08. The van der Waals surface area contributed by atoms with Gasteiger partial charge < -0.3 is 47.8 Å². The Morgan fingerprint density at radius 1 is 0.435 bits per heavy atom. The van der Waals surface area contributed by atoms with Crippen LogP contribution < -0.4 is 10.8 Å². The number of carboxylic acids is 1. The first-order valence-corrected chi connectivity index (χ1v) is 28.6. The summed E-state index contributed by atoms with van der Waals surface area (Å²) in [5.41, 5.74) is 4.40. The SMILES string of the molecule is CCCCCCCC/C=C\CCCCCCCC(=O)[O-].CCOC(CCCCCCCCCCCCCC(OCC)(OCC)OCC)C(OCC)(OCC)C(OCC)(OCC)C([NH3+])(OCC)OCC. The predicted molar refractivity (Wildman–Crippen MR) is 278 cm³/mol. The second-order valence-corrected chi connectivity index (χ2v) is 17.7. The smallest absolute Gasteiger partial charge is 0.377 e. The van der Waals surface area contributed by atoms with Crippen molar-refractivity contribution in [2.75, 3.05) is 66.1 Å². The molecule has 0 aromatic carbocycles. The maximum Gasteiger partial charge on any atom is 0.377 e. The van der Waals surface area contributed by atoms with Crippen LogP contribution in [0.25, 0.3) is 0 Å². The average molecular weight is 993 g/mol. The van der Waals surface area contributed by atoms with Crippen molar-refractivity contribution < 1.29 is 63.0 Å². The number of aliphatic carboxylic acids is 1. The number of carboxylic acid groups (broad SMARTS) is 1. The molecule has 0 saturated heterocycles. The number of carbonyl (C=O) groups excluding carboxylic acids is 1. The van der Waals surface area contributed by atoms with Crippen molar-refractivity contribution >= 4 is 5.97 Å². The van der Waals surface area contributed by atoms with Crippen LogP contribution >= 0.6 is 0 Å². The third-order valence-electron chi connectivity index (χ3n) is 12.1. The molecule has 0 aromatic rings. The first kappa shape index (κ1) is 69.8. The van der Waals surface area contributed by atoms with Gasteiger partial charge in [-0.2, -0.15) is 0 Å². The molecule has 0 spiro atoms. The number of carbonyl (C=O) groups is 1. The third-order valence-corrected chi connectivity index (χ3v) is 12.1. The van der Waals surface area contributed by atoms with Crippen LogP contribution in [0, 0.1) is 0 Å². The molecule has 0 rings (SSSR count). The minimum absolute atomic E-state index is 0.220. The van der Waals surface area contributed by atoms with Crippen LogP contribution in [0.3, 0.4) is 0 Å². The van der Waals surface area contributed by atoms with E-state index >= 15 is 0 Å². The normalized spacial score (nSPS) is 13.0. The van der Waals surface area contributed by atoms with Gasteiger partial charge in [0.1, 0.15) is 6.10 Å². The van der Waals surface area contributed by atoms with E-state index in [2.05, 4.69) is 24.8 Å². The zero-order valence-corrected chi connectivity index (χ0v) is 47.0. The number of rotatable bonds is 52. The number of hydrogen-bond donors (Lipinski definition) is 1. The summed E-state index contributed by atoms with van der Waals surface area (Å²) in [6, 6.07) is 0. The lowest BCUT2D eigenvalue weighted by Crippen LogP contribution is -2.92. The Morgan fingerprint density at radius 3 is 1.17 bits per heavy atom.